The van der Waals surface area contributed by atoms with Crippen molar-refractivity contribution in [2.45, 2.75) is 6.54 Å². The number of ether oxygens (including phenoxy) is 1. The Morgan fingerprint density at radius 3 is 2.88 bits per heavy atom. The molecule has 0 radical (unpaired) electrons. The minimum absolute atomic E-state index is 0.150. The molecule has 1 heterocycles. The number of anilines is 1. The zero-order valence-corrected chi connectivity index (χ0v) is 9.84. The van der Waals surface area contributed by atoms with Gasteiger partial charge in [-0.1, -0.05) is 6.07 Å². The number of aryl methyl sites for hydroxylation is 1. The lowest BCUT2D eigenvalue weighted by Gasteiger charge is -2.09. The van der Waals surface area contributed by atoms with Crippen molar-refractivity contribution in [1.29, 1.82) is 0 Å². The largest absolute Gasteiger partial charge is 0.504 e. The first kappa shape index (κ1) is 11.3. The predicted molar refractivity (Wildman–Crippen MR) is 65.2 cm³/mol. The molecule has 1 aromatic carbocycles. The Hall–Kier alpha value is -2.17. The van der Waals surface area contributed by atoms with Gasteiger partial charge < -0.3 is 15.2 Å². The lowest BCUT2D eigenvalue weighted by molar-refractivity contribution is 0.373. The first-order valence-corrected chi connectivity index (χ1v) is 5.28. The summed E-state index contributed by atoms with van der Waals surface area (Å²) in [7, 11) is 3.41. The van der Waals surface area contributed by atoms with Crippen LogP contribution in [0.25, 0.3) is 0 Å². The van der Waals surface area contributed by atoms with E-state index in [0.29, 0.717) is 12.3 Å². The number of hydrogen-bond donors (Lipinski definition) is 2. The van der Waals surface area contributed by atoms with E-state index in [0.717, 1.165) is 11.4 Å². The van der Waals surface area contributed by atoms with Crippen LogP contribution in [0.4, 0.5) is 5.82 Å². The van der Waals surface area contributed by atoms with Gasteiger partial charge in [0.2, 0.25) is 0 Å². The van der Waals surface area contributed by atoms with Gasteiger partial charge in [0.25, 0.3) is 0 Å². The lowest BCUT2D eigenvalue weighted by atomic mass is 10.2. The molecule has 2 rings (SSSR count). The fourth-order valence-electron chi connectivity index (χ4n) is 1.57. The van der Waals surface area contributed by atoms with Gasteiger partial charge in [-0.05, 0) is 17.7 Å². The summed E-state index contributed by atoms with van der Waals surface area (Å²) in [4.78, 5) is 0. The number of hydrogen-bond acceptors (Lipinski definition) is 4. The molecule has 0 saturated heterocycles. The maximum atomic E-state index is 9.47. The first-order valence-electron chi connectivity index (χ1n) is 5.28. The maximum absolute atomic E-state index is 9.47. The molecule has 0 aliphatic carbocycles. The average Bonchev–Trinajstić information content (AvgIpc) is 2.74. The van der Waals surface area contributed by atoms with Crippen LogP contribution in [0.1, 0.15) is 5.56 Å². The summed E-state index contributed by atoms with van der Waals surface area (Å²) in [5.74, 6) is 1.57. The van der Waals surface area contributed by atoms with Gasteiger partial charge in [-0.2, -0.15) is 5.10 Å². The van der Waals surface area contributed by atoms with Crippen molar-refractivity contribution in [2.24, 2.45) is 7.05 Å². The number of phenolic OH excluding ortho intramolecular Hbond substituents is 1. The fraction of sp³-hybridized carbons (Fsp3) is 0.250. The van der Waals surface area contributed by atoms with Crippen molar-refractivity contribution in [3.8, 4) is 11.5 Å². The van der Waals surface area contributed by atoms with Crippen molar-refractivity contribution in [1.82, 2.24) is 9.78 Å². The summed E-state index contributed by atoms with van der Waals surface area (Å²) in [6.45, 7) is 0.649. The Labute approximate surface area is 99.6 Å². The average molecular weight is 233 g/mol. The fourth-order valence-corrected chi connectivity index (χ4v) is 1.57. The minimum atomic E-state index is 0.150. The van der Waals surface area contributed by atoms with Crippen LogP contribution in [0.5, 0.6) is 11.5 Å². The van der Waals surface area contributed by atoms with Gasteiger partial charge in [-0.3, -0.25) is 4.68 Å². The molecule has 0 amide bonds. The molecule has 1 aromatic heterocycles. The van der Waals surface area contributed by atoms with Crippen molar-refractivity contribution in [3.05, 3.63) is 36.0 Å². The van der Waals surface area contributed by atoms with Gasteiger partial charge in [-0.25, -0.2) is 0 Å². The molecule has 2 N–H and O–H groups in total. The van der Waals surface area contributed by atoms with Gasteiger partial charge in [0.15, 0.2) is 11.5 Å². The Balaban J connectivity index is 2.07. The quantitative estimate of drug-likeness (QED) is 0.844. The van der Waals surface area contributed by atoms with Crippen LogP contribution in [0.15, 0.2) is 30.5 Å². The summed E-state index contributed by atoms with van der Waals surface area (Å²) in [5, 5.41) is 16.8. The smallest absolute Gasteiger partial charge is 0.160 e. The monoisotopic (exact) mass is 233 g/mol. The third kappa shape index (κ3) is 2.50. The molecule has 0 fully saturated rings. The summed E-state index contributed by atoms with van der Waals surface area (Å²) in [6.07, 6.45) is 1.74. The molecule has 0 spiro atoms. The SMILES string of the molecule is COc1cc(CNc2ccnn2C)ccc1O. The van der Waals surface area contributed by atoms with Crippen LogP contribution in [0.3, 0.4) is 0 Å². The van der Waals surface area contributed by atoms with Crippen LogP contribution in [0, 0.1) is 0 Å². The number of methoxy groups -OCH3 is 1. The number of benzene rings is 1. The molecule has 90 valence electrons. The second-order valence-corrected chi connectivity index (χ2v) is 3.70. The van der Waals surface area contributed by atoms with Crippen molar-refractivity contribution >= 4 is 5.82 Å². The molecule has 2 aromatic rings. The van der Waals surface area contributed by atoms with Gasteiger partial charge in [0.05, 0.1) is 13.3 Å². The van der Waals surface area contributed by atoms with E-state index in [-0.39, 0.29) is 5.75 Å². The number of nitrogens with one attached hydrogen (secondary N) is 1. The van der Waals surface area contributed by atoms with Gasteiger partial charge in [0.1, 0.15) is 5.82 Å². The molecule has 0 aliphatic heterocycles. The van der Waals surface area contributed by atoms with E-state index in [1.54, 1.807) is 23.0 Å². The van der Waals surface area contributed by atoms with Crippen LogP contribution in [-0.4, -0.2) is 22.0 Å². The predicted octanol–water partition coefficient (Wildman–Crippen LogP) is 1.75. The van der Waals surface area contributed by atoms with Crippen LogP contribution < -0.4 is 10.1 Å². The van der Waals surface area contributed by atoms with Crippen molar-refractivity contribution < 1.29 is 9.84 Å². The second kappa shape index (κ2) is 4.78. The normalized spacial score (nSPS) is 10.2. The second-order valence-electron chi connectivity index (χ2n) is 3.70. The lowest BCUT2D eigenvalue weighted by Crippen LogP contribution is -2.04. The zero-order chi connectivity index (χ0) is 12.3. The van der Waals surface area contributed by atoms with E-state index < -0.39 is 0 Å². The summed E-state index contributed by atoms with van der Waals surface area (Å²) in [6, 6.07) is 7.18. The molecular weight excluding hydrogens is 218 g/mol. The Kier molecular flexibility index (Phi) is 3.18. The van der Waals surface area contributed by atoms with Gasteiger partial charge in [0, 0.05) is 19.7 Å². The molecule has 0 bridgehead atoms. The zero-order valence-electron chi connectivity index (χ0n) is 9.84. The topological polar surface area (TPSA) is 59.3 Å². The van der Waals surface area contributed by atoms with E-state index in [9.17, 15) is 5.11 Å². The van der Waals surface area contributed by atoms with E-state index in [4.69, 9.17) is 4.74 Å². The van der Waals surface area contributed by atoms with Crippen LogP contribution >= 0.6 is 0 Å². The van der Waals surface area contributed by atoms with Crippen LogP contribution in [0.2, 0.25) is 0 Å². The Bertz CT molecular complexity index is 508. The highest BCUT2D eigenvalue weighted by Crippen LogP contribution is 2.26. The maximum Gasteiger partial charge on any atom is 0.160 e. The molecule has 17 heavy (non-hydrogen) atoms. The highest BCUT2D eigenvalue weighted by atomic mass is 16.5. The van der Waals surface area contributed by atoms with E-state index in [1.807, 2.05) is 19.2 Å². The molecule has 5 heteroatoms. The van der Waals surface area contributed by atoms with E-state index in [2.05, 4.69) is 10.4 Å². The summed E-state index contributed by atoms with van der Waals surface area (Å²) in [5.41, 5.74) is 1.03. The highest BCUT2D eigenvalue weighted by Gasteiger charge is 2.03. The summed E-state index contributed by atoms with van der Waals surface area (Å²) >= 11 is 0. The third-order valence-electron chi connectivity index (χ3n) is 2.54. The van der Waals surface area contributed by atoms with Gasteiger partial charge in [-0.15, -0.1) is 0 Å². The number of aromatic hydroxyl groups is 1. The van der Waals surface area contributed by atoms with E-state index >= 15 is 0 Å². The minimum Gasteiger partial charge on any atom is -0.504 e. The molecule has 0 atom stereocenters. The van der Waals surface area contributed by atoms with E-state index in [1.165, 1.54) is 7.11 Å². The van der Waals surface area contributed by atoms with Crippen molar-refractivity contribution in [3.63, 3.8) is 0 Å². The molecule has 0 saturated carbocycles. The summed E-state index contributed by atoms with van der Waals surface area (Å²) < 4.78 is 6.81. The van der Waals surface area contributed by atoms with Crippen molar-refractivity contribution in [2.75, 3.05) is 12.4 Å². The molecule has 0 aliphatic rings. The number of phenols is 1. The van der Waals surface area contributed by atoms with Crippen LogP contribution in [-0.2, 0) is 13.6 Å². The van der Waals surface area contributed by atoms with Gasteiger partial charge >= 0.3 is 0 Å². The Morgan fingerprint density at radius 2 is 2.24 bits per heavy atom. The highest BCUT2D eigenvalue weighted by molar-refractivity contribution is 5.43. The molecular formula is C12H15N3O2. The number of rotatable bonds is 4. The standard InChI is InChI=1S/C12H15N3O2/c1-15-12(5-6-14-15)13-8-9-3-4-10(16)11(7-9)17-2/h3-7,13,16H,8H2,1-2H3. The Morgan fingerprint density at radius 1 is 1.41 bits per heavy atom. The third-order valence-corrected chi connectivity index (χ3v) is 2.54. The molecule has 5 nitrogen and oxygen atoms in total. The molecule has 0 unspecified atom stereocenters. The number of nitrogens with zero attached hydrogens (tertiary/aromatic N) is 2. The number of aromatic nitrogens is 2. The first-order chi connectivity index (χ1) is 8.20.